The Kier molecular flexibility index (Phi) is 4.53. The number of nitrogen functional groups attached to an aromatic ring is 1. The highest BCUT2D eigenvalue weighted by Crippen LogP contribution is 2.21. The predicted molar refractivity (Wildman–Crippen MR) is 78.0 cm³/mol. The van der Waals surface area contributed by atoms with E-state index in [9.17, 15) is 14.4 Å². The summed E-state index contributed by atoms with van der Waals surface area (Å²) >= 11 is 3.23. The van der Waals surface area contributed by atoms with Crippen LogP contribution in [0.1, 0.15) is 23.7 Å². The van der Waals surface area contributed by atoms with E-state index in [-0.39, 0.29) is 17.9 Å². The molecule has 0 aromatic carbocycles. The van der Waals surface area contributed by atoms with Crippen LogP contribution in [0.15, 0.2) is 16.7 Å². The van der Waals surface area contributed by atoms with Gasteiger partial charge in [0.1, 0.15) is 12.6 Å². The van der Waals surface area contributed by atoms with Gasteiger partial charge in [0, 0.05) is 10.7 Å². The lowest BCUT2D eigenvalue weighted by Gasteiger charge is -2.33. The molecule has 0 bridgehead atoms. The first-order valence-corrected chi connectivity index (χ1v) is 7.04. The summed E-state index contributed by atoms with van der Waals surface area (Å²) in [7, 11) is 0. The minimum absolute atomic E-state index is 0.177. The third-order valence-corrected chi connectivity index (χ3v) is 3.56. The number of carbonyl (C=O) groups excluding carboxylic acids is 3. The molecule has 1 aromatic rings. The van der Waals surface area contributed by atoms with Crippen LogP contribution in [0.5, 0.6) is 0 Å². The Balaban J connectivity index is 2.39. The average Bonchev–Trinajstić information content (AvgIpc) is 2.45. The van der Waals surface area contributed by atoms with E-state index in [0.717, 1.165) is 0 Å². The summed E-state index contributed by atoms with van der Waals surface area (Å²) in [6.07, 6.45) is 1.88. The van der Waals surface area contributed by atoms with Crippen molar-refractivity contribution in [1.82, 2.24) is 15.2 Å². The second kappa shape index (κ2) is 6.19. The van der Waals surface area contributed by atoms with Gasteiger partial charge in [-0.25, -0.2) is 10.8 Å². The Morgan fingerprint density at radius 3 is 2.95 bits per heavy atom. The molecule has 4 N–H and O–H groups in total. The summed E-state index contributed by atoms with van der Waals surface area (Å²) in [4.78, 5) is 41.2. The molecular weight excluding hydrogens is 342 g/mol. The highest BCUT2D eigenvalue weighted by Gasteiger charge is 2.36. The maximum Gasteiger partial charge on any atom is 0.258 e. The Hall–Kier alpha value is -2.00. The first kappa shape index (κ1) is 15.4. The van der Waals surface area contributed by atoms with Crippen LogP contribution in [0.4, 0.5) is 5.82 Å². The molecule has 3 amide bonds. The minimum atomic E-state index is -0.695. The highest BCUT2D eigenvalue weighted by atomic mass is 79.9. The average molecular weight is 356 g/mol. The largest absolute Gasteiger partial charge is 0.317 e. The van der Waals surface area contributed by atoms with Crippen molar-refractivity contribution in [3.63, 3.8) is 0 Å². The van der Waals surface area contributed by atoms with Crippen molar-refractivity contribution in [2.75, 3.05) is 12.0 Å². The van der Waals surface area contributed by atoms with Gasteiger partial charge in [0.2, 0.25) is 11.8 Å². The van der Waals surface area contributed by atoms with Gasteiger partial charge in [-0.3, -0.25) is 19.7 Å². The molecule has 8 nitrogen and oxygen atoms in total. The second-order valence-corrected chi connectivity index (χ2v) is 5.38. The van der Waals surface area contributed by atoms with Crippen LogP contribution in [0.2, 0.25) is 0 Å². The van der Waals surface area contributed by atoms with Crippen molar-refractivity contribution >= 4 is 39.5 Å². The van der Waals surface area contributed by atoms with Gasteiger partial charge in [0.25, 0.3) is 5.91 Å². The van der Waals surface area contributed by atoms with Gasteiger partial charge in [-0.2, -0.15) is 0 Å². The Bertz CT molecular complexity index is 607. The van der Waals surface area contributed by atoms with Crippen LogP contribution in [-0.4, -0.2) is 40.2 Å². The molecule has 1 atom stereocenters. The zero-order valence-electron chi connectivity index (χ0n) is 11.2. The number of rotatable bonds is 3. The zero-order valence-corrected chi connectivity index (χ0v) is 12.8. The quantitative estimate of drug-likeness (QED) is 0.399. The van der Waals surface area contributed by atoms with Crippen molar-refractivity contribution in [2.24, 2.45) is 5.84 Å². The van der Waals surface area contributed by atoms with E-state index in [1.54, 1.807) is 6.92 Å². The third kappa shape index (κ3) is 3.03. The molecular formula is C12H14BrN5O3. The number of imide groups is 1. The Morgan fingerprint density at radius 2 is 2.33 bits per heavy atom. The van der Waals surface area contributed by atoms with Crippen LogP contribution in [0.3, 0.4) is 0 Å². The van der Waals surface area contributed by atoms with E-state index < -0.39 is 23.8 Å². The number of pyridine rings is 1. The molecule has 0 saturated carbocycles. The van der Waals surface area contributed by atoms with E-state index in [1.807, 2.05) is 0 Å². The molecule has 112 valence electrons. The number of amides is 3. The number of hydrazine groups is 1. The van der Waals surface area contributed by atoms with E-state index >= 15 is 0 Å². The molecule has 2 rings (SSSR count). The number of aromatic nitrogens is 1. The number of nitrogens with two attached hydrogens (primary N) is 1. The number of anilines is 1. The summed E-state index contributed by atoms with van der Waals surface area (Å²) in [6.45, 7) is 1.58. The molecule has 2 heterocycles. The maximum absolute atomic E-state index is 12.6. The van der Waals surface area contributed by atoms with Gasteiger partial charge in [0.15, 0.2) is 5.82 Å². The fourth-order valence-electron chi connectivity index (χ4n) is 2.16. The van der Waals surface area contributed by atoms with Gasteiger partial charge < -0.3 is 10.3 Å². The van der Waals surface area contributed by atoms with Gasteiger partial charge >= 0.3 is 0 Å². The molecule has 1 aliphatic heterocycles. The predicted octanol–water partition coefficient (Wildman–Crippen LogP) is 0.00690. The van der Waals surface area contributed by atoms with Crippen molar-refractivity contribution in [3.05, 3.63) is 22.3 Å². The van der Waals surface area contributed by atoms with Crippen molar-refractivity contribution in [1.29, 1.82) is 0 Å². The molecule has 0 radical (unpaired) electrons. The lowest BCUT2D eigenvalue weighted by Crippen LogP contribution is -2.59. The molecule has 1 saturated heterocycles. The first-order chi connectivity index (χ1) is 9.97. The monoisotopic (exact) mass is 355 g/mol. The van der Waals surface area contributed by atoms with Crippen LogP contribution in [-0.2, 0) is 9.59 Å². The third-order valence-electron chi connectivity index (χ3n) is 3.12. The number of hydrogen-bond donors (Lipinski definition) is 3. The second-order valence-electron chi connectivity index (χ2n) is 4.46. The molecule has 0 spiro atoms. The van der Waals surface area contributed by atoms with E-state index in [1.165, 1.54) is 17.2 Å². The standard InChI is InChI=1S/C12H14BrN5O3/c1-2-8-11(20)16-9(19)5-18(8)12(21)7-3-6(13)4-15-10(7)17-14/h3-4,8H,2,5,14H2,1H3,(H,15,17)(H,16,19,20). The normalized spacial score (nSPS) is 18.4. The number of halogens is 1. The van der Waals surface area contributed by atoms with Crippen molar-refractivity contribution in [3.8, 4) is 0 Å². The topological polar surface area (TPSA) is 117 Å². The minimum Gasteiger partial charge on any atom is -0.317 e. The molecule has 1 aliphatic rings. The van der Waals surface area contributed by atoms with Gasteiger partial charge in [-0.05, 0) is 28.4 Å². The molecule has 9 heteroatoms. The van der Waals surface area contributed by atoms with E-state index in [2.05, 4.69) is 31.7 Å². The van der Waals surface area contributed by atoms with Crippen LogP contribution in [0, 0.1) is 0 Å². The molecule has 1 aromatic heterocycles. The summed E-state index contributed by atoms with van der Waals surface area (Å²) in [5.74, 6) is 4.05. The van der Waals surface area contributed by atoms with Crippen molar-refractivity contribution < 1.29 is 14.4 Å². The summed E-state index contributed by atoms with van der Waals surface area (Å²) in [6, 6.07) is 0.841. The summed E-state index contributed by atoms with van der Waals surface area (Å²) in [5.41, 5.74) is 2.52. The van der Waals surface area contributed by atoms with Gasteiger partial charge in [-0.1, -0.05) is 6.92 Å². The molecule has 1 unspecified atom stereocenters. The van der Waals surface area contributed by atoms with Crippen LogP contribution < -0.4 is 16.6 Å². The number of nitrogens with zero attached hydrogens (tertiary/aromatic N) is 2. The maximum atomic E-state index is 12.6. The van der Waals surface area contributed by atoms with Crippen LogP contribution >= 0.6 is 15.9 Å². The smallest absolute Gasteiger partial charge is 0.258 e. The summed E-state index contributed by atoms with van der Waals surface area (Å²) in [5, 5.41) is 2.22. The van der Waals surface area contributed by atoms with E-state index in [4.69, 9.17) is 5.84 Å². The number of hydrogen-bond acceptors (Lipinski definition) is 6. The Morgan fingerprint density at radius 1 is 1.62 bits per heavy atom. The lowest BCUT2D eigenvalue weighted by molar-refractivity contribution is -0.138. The van der Waals surface area contributed by atoms with Gasteiger partial charge in [-0.15, -0.1) is 0 Å². The molecule has 1 fully saturated rings. The van der Waals surface area contributed by atoms with Gasteiger partial charge in [0.05, 0.1) is 5.56 Å². The zero-order chi connectivity index (χ0) is 15.6. The molecule has 21 heavy (non-hydrogen) atoms. The van der Waals surface area contributed by atoms with Crippen LogP contribution in [0.25, 0.3) is 0 Å². The lowest BCUT2D eigenvalue weighted by atomic mass is 10.1. The van der Waals surface area contributed by atoms with Crippen molar-refractivity contribution in [2.45, 2.75) is 19.4 Å². The SMILES string of the molecule is CCC1C(=O)NC(=O)CN1C(=O)c1cc(Br)cnc1NN. The first-order valence-electron chi connectivity index (χ1n) is 6.24. The summed E-state index contributed by atoms with van der Waals surface area (Å²) < 4.78 is 0.589. The highest BCUT2D eigenvalue weighted by molar-refractivity contribution is 9.10. The number of nitrogens with one attached hydrogen (secondary N) is 2. The van der Waals surface area contributed by atoms with E-state index in [0.29, 0.717) is 10.9 Å². The molecule has 0 aliphatic carbocycles. The number of piperazine rings is 1. The fraction of sp³-hybridized carbons (Fsp3) is 0.333. The number of carbonyl (C=O) groups is 3. The fourth-order valence-corrected chi connectivity index (χ4v) is 2.49. The Labute approximate surface area is 129 Å².